The Labute approximate surface area is 103 Å². The van der Waals surface area contributed by atoms with E-state index in [2.05, 4.69) is 10.9 Å². The first-order valence-electron chi connectivity index (χ1n) is 5.64. The maximum atomic E-state index is 12.9. The summed E-state index contributed by atoms with van der Waals surface area (Å²) in [6, 6.07) is 5.21. The highest BCUT2D eigenvalue weighted by Gasteiger charge is 2.23. The molecule has 1 heterocycles. The molecule has 1 aromatic rings. The van der Waals surface area contributed by atoms with E-state index in [1.54, 1.807) is 0 Å². The maximum absolute atomic E-state index is 12.9. The summed E-state index contributed by atoms with van der Waals surface area (Å²) < 4.78 is 18.0. The molecule has 0 spiro atoms. The molecule has 0 saturated carbocycles. The average molecular weight is 252 g/mol. The molecule has 18 heavy (non-hydrogen) atoms. The Kier molecular flexibility index (Phi) is 3.88. The van der Waals surface area contributed by atoms with Gasteiger partial charge in [0.2, 0.25) is 0 Å². The monoisotopic (exact) mass is 252 g/mol. The van der Waals surface area contributed by atoms with Crippen LogP contribution in [0, 0.1) is 5.82 Å². The predicted molar refractivity (Wildman–Crippen MR) is 61.0 cm³/mol. The second-order valence-corrected chi connectivity index (χ2v) is 3.96. The lowest BCUT2D eigenvalue weighted by molar-refractivity contribution is -0.130. The number of benzene rings is 1. The quantitative estimate of drug-likeness (QED) is 0.764. The summed E-state index contributed by atoms with van der Waals surface area (Å²) in [5, 5.41) is 0. The number of carbonyl (C=O) groups excluding carboxylic acids is 2. The van der Waals surface area contributed by atoms with Crippen molar-refractivity contribution in [2.45, 2.75) is 18.9 Å². The fourth-order valence-electron chi connectivity index (χ4n) is 1.69. The van der Waals surface area contributed by atoms with Gasteiger partial charge >= 0.3 is 0 Å². The lowest BCUT2D eigenvalue weighted by Gasteiger charge is -2.11. The summed E-state index contributed by atoms with van der Waals surface area (Å²) in [7, 11) is 0. The molecule has 1 fully saturated rings. The lowest BCUT2D eigenvalue weighted by Crippen LogP contribution is -2.46. The zero-order chi connectivity index (χ0) is 13.0. The molecule has 1 aliphatic rings. The summed E-state index contributed by atoms with van der Waals surface area (Å²) in [5.74, 6) is -1.47. The normalized spacial score (nSPS) is 18.4. The zero-order valence-electron chi connectivity index (χ0n) is 9.61. The van der Waals surface area contributed by atoms with Gasteiger partial charge in [0.1, 0.15) is 11.9 Å². The molecule has 0 radical (unpaired) electrons. The molecular weight excluding hydrogens is 239 g/mol. The number of hydrogen-bond donors (Lipinski definition) is 2. The summed E-state index contributed by atoms with van der Waals surface area (Å²) in [6.07, 6.45) is 0.954. The number of carbonyl (C=O) groups is 2. The molecule has 1 atom stereocenters. The van der Waals surface area contributed by atoms with Crippen LogP contribution in [0.3, 0.4) is 0 Å². The van der Waals surface area contributed by atoms with E-state index in [4.69, 9.17) is 4.74 Å². The molecule has 1 aromatic carbocycles. The summed E-state index contributed by atoms with van der Waals surface area (Å²) in [5.41, 5.74) is 4.62. The van der Waals surface area contributed by atoms with Gasteiger partial charge in [0.05, 0.1) is 0 Å². The Morgan fingerprint density at radius 1 is 1.33 bits per heavy atom. The van der Waals surface area contributed by atoms with Gasteiger partial charge < -0.3 is 4.74 Å². The minimum Gasteiger partial charge on any atom is -0.368 e. The van der Waals surface area contributed by atoms with Crippen molar-refractivity contribution >= 4 is 11.8 Å². The van der Waals surface area contributed by atoms with Crippen molar-refractivity contribution < 1.29 is 18.7 Å². The Morgan fingerprint density at radius 3 is 2.83 bits per heavy atom. The van der Waals surface area contributed by atoms with Crippen LogP contribution in [0.2, 0.25) is 0 Å². The van der Waals surface area contributed by atoms with Crippen LogP contribution in [0.15, 0.2) is 24.3 Å². The van der Waals surface area contributed by atoms with E-state index in [-0.39, 0.29) is 5.56 Å². The van der Waals surface area contributed by atoms with Crippen LogP contribution >= 0.6 is 0 Å². The number of hydrazine groups is 1. The molecule has 2 rings (SSSR count). The molecule has 0 aromatic heterocycles. The summed E-state index contributed by atoms with van der Waals surface area (Å²) >= 11 is 0. The van der Waals surface area contributed by atoms with Gasteiger partial charge in [-0.25, -0.2) is 4.39 Å². The molecule has 0 bridgehead atoms. The maximum Gasteiger partial charge on any atom is 0.269 e. The van der Waals surface area contributed by atoms with Crippen LogP contribution in [0.1, 0.15) is 23.2 Å². The molecule has 6 heteroatoms. The van der Waals surface area contributed by atoms with E-state index < -0.39 is 23.7 Å². The fraction of sp³-hybridized carbons (Fsp3) is 0.333. The highest BCUT2D eigenvalue weighted by molar-refractivity contribution is 5.95. The Morgan fingerprint density at radius 2 is 2.17 bits per heavy atom. The average Bonchev–Trinajstić information content (AvgIpc) is 2.89. The minimum absolute atomic E-state index is 0.141. The van der Waals surface area contributed by atoms with Gasteiger partial charge in [-0.2, -0.15) is 0 Å². The molecule has 96 valence electrons. The molecule has 1 aliphatic heterocycles. The smallest absolute Gasteiger partial charge is 0.269 e. The van der Waals surface area contributed by atoms with E-state index >= 15 is 0 Å². The minimum atomic E-state index is -0.569. The van der Waals surface area contributed by atoms with Crippen LogP contribution in [0.5, 0.6) is 0 Å². The molecular formula is C12H13FN2O3. The summed E-state index contributed by atoms with van der Waals surface area (Å²) in [4.78, 5) is 23.1. The van der Waals surface area contributed by atoms with Gasteiger partial charge in [-0.15, -0.1) is 0 Å². The Hall–Kier alpha value is -1.95. The molecule has 1 saturated heterocycles. The van der Waals surface area contributed by atoms with Crippen molar-refractivity contribution in [1.82, 2.24) is 10.9 Å². The molecule has 2 amide bonds. The first-order chi connectivity index (χ1) is 8.66. The van der Waals surface area contributed by atoms with Crippen molar-refractivity contribution in [3.05, 3.63) is 35.6 Å². The van der Waals surface area contributed by atoms with Gasteiger partial charge in [0, 0.05) is 12.2 Å². The summed E-state index contributed by atoms with van der Waals surface area (Å²) in [6.45, 7) is 0.552. The third-order valence-electron chi connectivity index (χ3n) is 2.61. The van der Waals surface area contributed by atoms with Crippen molar-refractivity contribution in [1.29, 1.82) is 0 Å². The molecule has 2 N–H and O–H groups in total. The highest BCUT2D eigenvalue weighted by Crippen LogP contribution is 2.11. The van der Waals surface area contributed by atoms with Gasteiger partial charge in [-0.05, 0) is 31.0 Å². The Balaban J connectivity index is 1.86. The number of nitrogens with one attached hydrogen (secondary N) is 2. The number of rotatable bonds is 2. The molecule has 0 aliphatic carbocycles. The number of ether oxygens (including phenoxy) is 1. The highest BCUT2D eigenvalue weighted by atomic mass is 19.1. The van der Waals surface area contributed by atoms with Crippen molar-refractivity contribution in [2.24, 2.45) is 0 Å². The van der Waals surface area contributed by atoms with Gasteiger partial charge in [0.25, 0.3) is 11.8 Å². The first kappa shape index (κ1) is 12.5. The van der Waals surface area contributed by atoms with Crippen LogP contribution in [-0.4, -0.2) is 24.5 Å². The first-order valence-corrected chi connectivity index (χ1v) is 5.64. The van der Waals surface area contributed by atoms with E-state index in [1.807, 2.05) is 0 Å². The third-order valence-corrected chi connectivity index (χ3v) is 2.61. The predicted octanol–water partition coefficient (Wildman–Crippen LogP) is 0.766. The third kappa shape index (κ3) is 3.04. The van der Waals surface area contributed by atoms with Gasteiger partial charge in [-0.1, -0.05) is 6.07 Å². The number of amides is 2. The Bertz CT molecular complexity index is 458. The SMILES string of the molecule is O=C(NNC(=O)[C@H]1CCCO1)c1cccc(F)c1. The fourth-order valence-corrected chi connectivity index (χ4v) is 1.69. The standard InChI is InChI=1S/C12H13FN2O3/c13-9-4-1-3-8(7-9)11(16)14-15-12(17)10-5-2-6-18-10/h1,3-4,7,10H,2,5-6H2,(H,14,16)(H,15,17)/t10-/m1/s1. The van der Waals surface area contributed by atoms with Crippen LogP contribution < -0.4 is 10.9 Å². The lowest BCUT2D eigenvalue weighted by atomic mass is 10.2. The van der Waals surface area contributed by atoms with E-state index in [0.29, 0.717) is 13.0 Å². The van der Waals surface area contributed by atoms with E-state index in [0.717, 1.165) is 12.5 Å². The van der Waals surface area contributed by atoms with Crippen LogP contribution in [0.4, 0.5) is 4.39 Å². The van der Waals surface area contributed by atoms with Crippen molar-refractivity contribution in [2.75, 3.05) is 6.61 Å². The largest absolute Gasteiger partial charge is 0.368 e. The second kappa shape index (κ2) is 5.59. The van der Waals surface area contributed by atoms with Crippen LogP contribution in [0.25, 0.3) is 0 Å². The topological polar surface area (TPSA) is 67.4 Å². The zero-order valence-corrected chi connectivity index (χ0v) is 9.61. The number of halogens is 1. The van der Waals surface area contributed by atoms with Crippen molar-refractivity contribution in [3.63, 3.8) is 0 Å². The number of hydrogen-bond acceptors (Lipinski definition) is 3. The molecule has 0 unspecified atom stereocenters. The van der Waals surface area contributed by atoms with Crippen molar-refractivity contribution in [3.8, 4) is 0 Å². The second-order valence-electron chi connectivity index (χ2n) is 3.96. The molecule has 5 nitrogen and oxygen atoms in total. The van der Waals surface area contributed by atoms with E-state index in [1.165, 1.54) is 18.2 Å². The van der Waals surface area contributed by atoms with Crippen LogP contribution in [-0.2, 0) is 9.53 Å². The van der Waals surface area contributed by atoms with Gasteiger partial charge in [-0.3, -0.25) is 20.4 Å². The van der Waals surface area contributed by atoms with Gasteiger partial charge in [0.15, 0.2) is 0 Å². The van der Waals surface area contributed by atoms with E-state index in [9.17, 15) is 14.0 Å².